The lowest BCUT2D eigenvalue weighted by Crippen LogP contribution is -2.41. The number of hydrogen-bond donors (Lipinski definition) is 0. The molecule has 132 valence electrons. The second-order valence-corrected chi connectivity index (χ2v) is 8.05. The first-order valence-electron chi connectivity index (χ1n) is 7.55. The highest BCUT2D eigenvalue weighted by Gasteiger charge is 2.54. The lowest BCUT2D eigenvalue weighted by Gasteiger charge is -2.32. The Balaban J connectivity index is 2.46. The van der Waals surface area contributed by atoms with Gasteiger partial charge in [-0.2, -0.15) is 0 Å². The van der Waals surface area contributed by atoms with E-state index in [1.54, 1.807) is 12.1 Å². The minimum atomic E-state index is -0.690. The Morgan fingerprint density at radius 3 is 2.00 bits per heavy atom. The zero-order valence-corrected chi connectivity index (χ0v) is 16.6. The van der Waals surface area contributed by atoms with Crippen molar-refractivity contribution in [3.8, 4) is 0 Å². The van der Waals surface area contributed by atoms with Gasteiger partial charge >= 0.3 is 13.1 Å². The lowest BCUT2D eigenvalue weighted by atomic mass is 9.66. The van der Waals surface area contributed by atoms with Crippen molar-refractivity contribution in [2.75, 3.05) is 7.11 Å². The van der Waals surface area contributed by atoms with Crippen LogP contribution in [0.25, 0.3) is 0 Å². The number of ether oxygens (including phenoxy) is 1. The summed E-state index contributed by atoms with van der Waals surface area (Å²) in [4.78, 5) is 11.9. The Morgan fingerprint density at radius 2 is 1.58 bits per heavy atom. The third kappa shape index (κ3) is 3.86. The van der Waals surface area contributed by atoms with Gasteiger partial charge in [-0.25, -0.2) is 0 Å². The SMILES string of the molecule is COC(=O)CC(B1OC(C)(C)C(C)(C)O1)c1c(Cl)cc(Cl)cc1Cl. The molecule has 4 nitrogen and oxygen atoms in total. The van der Waals surface area contributed by atoms with E-state index in [1.807, 2.05) is 27.7 Å². The summed E-state index contributed by atoms with van der Waals surface area (Å²) in [5, 5.41) is 1.13. The Kier molecular flexibility index (Phi) is 5.83. The van der Waals surface area contributed by atoms with E-state index in [2.05, 4.69) is 0 Å². The molecule has 0 saturated carbocycles. The Hall–Kier alpha value is -0.455. The summed E-state index contributed by atoms with van der Waals surface area (Å²) in [5.74, 6) is -0.924. The molecule has 0 radical (unpaired) electrons. The van der Waals surface area contributed by atoms with E-state index >= 15 is 0 Å². The van der Waals surface area contributed by atoms with E-state index in [-0.39, 0.29) is 6.42 Å². The Bertz CT molecular complexity index is 609. The zero-order chi connectivity index (χ0) is 18.3. The molecule has 1 saturated heterocycles. The third-order valence-electron chi connectivity index (χ3n) is 4.63. The fourth-order valence-electron chi connectivity index (χ4n) is 2.56. The molecule has 1 heterocycles. The van der Waals surface area contributed by atoms with Gasteiger partial charge in [0.1, 0.15) is 0 Å². The van der Waals surface area contributed by atoms with Crippen molar-refractivity contribution in [2.45, 2.75) is 51.1 Å². The van der Waals surface area contributed by atoms with Crippen molar-refractivity contribution < 1.29 is 18.8 Å². The van der Waals surface area contributed by atoms with Gasteiger partial charge in [0.2, 0.25) is 0 Å². The molecule has 24 heavy (non-hydrogen) atoms. The van der Waals surface area contributed by atoms with E-state index in [9.17, 15) is 4.79 Å². The maximum Gasteiger partial charge on any atom is 0.466 e. The fraction of sp³-hybridized carbons (Fsp3) is 0.562. The van der Waals surface area contributed by atoms with E-state index < -0.39 is 30.1 Å². The van der Waals surface area contributed by atoms with Crippen LogP contribution in [0.1, 0.15) is 45.5 Å². The third-order valence-corrected chi connectivity index (χ3v) is 5.47. The minimum absolute atomic E-state index is 0.0222. The quantitative estimate of drug-likeness (QED) is 0.538. The maximum atomic E-state index is 11.9. The van der Waals surface area contributed by atoms with Gasteiger partial charge in [0, 0.05) is 20.9 Å². The van der Waals surface area contributed by atoms with Crippen LogP contribution < -0.4 is 0 Å². The number of halogens is 3. The monoisotopic (exact) mass is 392 g/mol. The average molecular weight is 394 g/mol. The molecule has 1 aromatic rings. The van der Waals surface area contributed by atoms with Gasteiger partial charge in [-0.15, -0.1) is 0 Å². The molecule has 0 bridgehead atoms. The average Bonchev–Trinajstić information content (AvgIpc) is 2.64. The van der Waals surface area contributed by atoms with Gasteiger partial charge in [0.05, 0.1) is 24.7 Å². The van der Waals surface area contributed by atoms with Gasteiger partial charge in [0.25, 0.3) is 0 Å². The number of rotatable bonds is 4. The molecule has 2 rings (SSSR count). The fourth-order valence-corrected chi connectivity index (χ4v) is 3.66. The predicted octanol–water partition coefficient (Wildman–Crippen LogP) is 4.92. The molecule has 0 amide bonds. The Morgan fingerprint density at radius 1 is 1.12 bits per heavy atom. The zero-order valence-electron chi connectivity index (χ0n) is 14.3. The molecule has 1 fully saturated rings. The van der Waals surface area contributed by atoms with Crippen LogP contribution in [0.5, 0.6) is 0 Å². The topological polar surface area (TPSA) is 44.8 Å². The highest BCUT2D eigenvalue weighted by Crippen LogP contribution is 2.45. The number of hydrogen-bond acceptors (Lipinski definition) is 4. The molecular weight excluding hydrogens is 373 g/mol. The van der Waals surface area contributed by atoms with Gasteiger partial charge in [-0.05, 0) is 45.4 Å². The molecule has 1 atom stereocenters. The van der Waals surface area contributed by atoms with E-state index in [4.69, 9.17) is 48.8 Å². The summed E-state index contributed by atoms with van der Waals surface area (Å²) in [6.07, 6.45) is 0.0222. The van der Waals surface area contributed by atoms with Crippen molar-refractivity contribution >= 4 is 47.9 Å². The molecule has 1 aliphatic heterocycles. The number of carbonyl (C=O) groups excluding carboxylic acids is 1. The van der Waals surface area contributed by atoms with Crippen LogP contribution in [0, 0.1) is 0 Å². The van der Waals surface area contributed by atoms with Gasteiger partial charge in [-0.1, -0.05) is 34.8 Å². The smallest absolute Gasteiger partial charge is 0.466 e. The van der Waals surface area contributed by atoms with Crippen LogP contribution in [0.2, 0.25) is 15.1 Å². The molecular formula is C16H20BCl3O4. The number of carbonyl (C=O) groups is 1. The van der Waals surface area contributed by atoms with E-state index in [0.717, 1.165) is 0 Å². The lowest BCUT2D eigenvalue weighted by molar-refractivity contribution is -0.140. The van der Waals surface area contributed by atoms with Crippen molar-refractivity contribution in [1.29, 1.82) is 0 Å². The number of benzene rings is 1. The van der Waals surface area contributed by atoms with Crippen LogP contribution in [0.3, 0.4) is 0 Å². The molecule has 0 aromatic heterocycles. The van der Waals surface area contributed by atoms with Crippen LogP contribution in [0.4, 0.5) is 0 Å². The second-order valence-electron chi connectivity index (χ2n) is 6.79. The molecule has 0 N–H and O–H groups in total. The summed E-state index contributed by atoms with van der Waals surface area (Å²) in [7, 11) is 0.639. The van der Waals surface area contributed by atoms with Gasteiger partial charge in [-0.3, -0.25) is 4.79 Å². The standard InChI is InChI=1S/C16H20BCl3O4/c1-15(2)16(3,4)24-17(23-15)10(8-13(21)22-5)14-11(19)6-9(18)7-12(14)20/h6-7,10H,8H2,1-5H3. The molecule has 8 heteroatoms. The summed E-state index contributed by atoms with van der Waals surface area (Å²) < 4.78 is 17.0. The first-order valence-corrected chi connectivity index (χ1v) is 8.69. The number of methoxy groups -OCH3 is 1. The normalized spacial score (nSPS) is 20.1. The van der Waals surface area contributed by atoms with E-state index in [1.165, 1.54) is 7.11 Å². The van der Waals surface area contributed by atoms with Crippen molar-refractivity contribution in [1.82, 2.24) is 0 Å². The van der Waals surface area contributed by atoms with Gasteiger partial charge in [0.15, 0.2) is 0 Å². The van der Waals surface area contributed by atoms with Crippen molar-refractivity contribution in [3.63, 3.8) is 0 Å². The van der Waals surface area contributed by atoms with Gasteiger partial charge < -0.3 is 14.0 Å². The van der Waals surface area contributed by atoms with Crippen LogP contribution in [-0.4, -0.2) is 31.4 Å². The molecule has 1 unspecified atom stereocenters. The first kappa shape index (κ1) is 19.9. The molecule has 0 spiro atoms. The van der Waals surface area contributed by atoms with Crippen LogP contribution >= 0.6 is 34.8 Å². The molecule has 1 aliphatic rings. The number of esters is 1. The maximum absolute atomic E-state index is 11.9. The van der Waals surface area contributed by atoms with Crippen LogP contribution in [-0.2, 0) is 18.8 Å². The van der Waals surface area contributed by atoms with Crippen molar-refractivity contribution in [2.24, 2.45) is 0 Å². The summed E-state index contributed by atoms with van der Waals surface area (Å²) in [6.45, 7) is 7.75. The summed E-state index contributed by atoms with van der Waals surface area (Å²) in [6, 6.07) is 3.17. The Labute approximate surface area is 157 Å². The summed E-state index contributed by atoms with van der Waals surface area (Å²) in [5.41, 5.74) is -0.527. The summed E-state index contributed by atoms with van der Waals surface area (Å²) >= 11 is 18.7. The highest BCUT2D eigenvalue weighted by molar-refractivity contribution is 6.50. The predicted molar refractivity (Wildman–Crippen MR) is 96.9 cm³/mol. The first-order chi connectivity index (χ1) is 11.0. The largest absolute Gasteiger partial charge is 0.469 e. The van der Waals surface area contributed by atoms with Crippen molar-refractivity contribution in [3.05, 3.63) is 32.8 Å². The molecule has 1 aromatic carbocycles. The molecule has 0 aliphatic carbocycles. The van der Waals surface area contributed by atoms with Crippen LogP contribution in [0.15, 0.2) is 12.1 Å². The highest BCUT2D eigenvalue weighted by atomic mass is 35.5. The minimum Gasteiger partial charge on any atom is -0.469 e. The second kappa shape index (κ2) is 7.04. The van der Waals surface area contributed by atoms with E-state index in [0.29, 0.717) is 20.6 Å².